The molecule has 8 heteroatoms. The predicted octanol–water partition coefficient (Wildman–Crippen LogP) is 3.21. The molecule has 2 heterocycles. The highest BCUT2D eigenvalue weighted by Crippen LogP contribution is 2.19. The number of amides is 1. The number of carbonyl (C=O) groups excluding carboxylic acids is 1. The number of benzene rings is 1. The molecule has 0 aliphatic heterocycles. The minimum absolute atomic E-state index is 0.00000152. The van der Waals surface area contributed by atoms with Gasteiger partial charge >= 0.3 is 0 Å². The maximum atomic E-state index is 12.0. The normalized spacial score (nSPS) is 11.3. The molecule has 0 saturated heterocycles. The van der Waals surface area contributed by atoms with E-state index in [0.29, 0.717) is 24.4 Å². The van der Waals surface area contributed by atoms with E-state index in [4.69, 9.17) is 11.6 Å². The number of carbonyl (C=O) groups is 1. The first-order valence-electron chi connectivity index (χ1n) is 7.75. The van der Waals surface area contributed by atoms with Crippen LogP contribution in [0.5, 0.6) is 0 Å². The number of hydrogen-bond donors (Lipinski definition) is 1. The Bertz CT molecular complexity index is 840. The van der Waals surface area contributed by atoms with E-state index in [1.807, 2.05) is 24.3 Å². The highest BCUT2D eigenvalue weighted by Gasteiger charge is 2.14. The van der Waals surface area contributed by atoms with Crippen LogP contribution < -0.4 is 5.32 Å². The highest BCUT2D eigenvalue weighted by atomic mass is 35.5. The summed E-state index contributed by atoms with van der Waals surface area (Å²) in [6, 6.07) is 7.43. The van der Waals surface area contributed by atoms with Gasteiger partial charge in [0.25, 0.3) is 0 Å². The zero-order valence-corrected chi connectivity index (χ0v) is 15.1. The van der Waals surface area contributed by atoms with Gasteiger partial charge in [0.15, 0.2) is 5.82 Å². The van der Waals surface area contributed by atoms with Crippen molar-refractivity contribution in [2.45, 2.75) is 39.2 Å². The van der Waals surface area contributed by atoms with E-state index in [0.717, 1.165) is 21.4 Å². The first kappa shape index (κ1) is 16.9. The van der Waals surface area contributed by atoms with Crippen molar-refractivity contribution in [3.8, 4) is 0 Å². The molecule has 1 aromatic carbocycles. The lowest BCUT2D eigenvalue weighted by Gasteiger charge is -2.04. The zero-order valence-electron chi connectivity index (χ0n) is 13.5. The topological polar surface area (TPSA) is 72.2 Å². The molecule has 0 atom stereocenters. The zero-order chi connectivity index (χ0) is 17.1. The van der Waals surface area contributed by atoms with Gasteiger partial charge in [0.2, 0.25) is 10.9 Å². The number of fused-ring (bicyclic) bond motifs is 1. The van der Waals surface area contributed by atoms with Crippen LogP contribution in [-0.4, -0.2) is 25.7 Å². The van der Waals surface area contributed by atoms with E-state index in [2.05, 4.69) is 34.5 Å². The van der Waals surface area contributed by atoms with Gasteiger partial charge in [-0.15, -0.1) is 10.2 Å². The third-order valence-corrected chi connectivity index (χ3v) is 4.75. The molecule has 1 N–H and O–H groups in total. The third kappa shape index (κ3) is 3.91. The average molecular weight is 364 g/mol. The number of nitrogens with zero attached hydrogens (tertiary/aromatic N) is 4. The standard InChI is InChI=1S/C16H18ClN5OS/c1-10(2)15-19-20-16-22(15)21-14(24-16)8-7-13(23)18-9-11-3-5-12(17)6-4-11/h3-6,10H,7-9H2,1-2H3,(H,18,23). The van der Waals surface area contributed by atoms with Crippen LogP contribution in [0.1, 0.15) is 42.6 Å². The minimum Gasteiger partial charge on any atom is -0.352 e. The molecule has 0 radical (unpaired) electrons. The maximum absolute atomic E-state index is 12.0. The summed E-state index contributed by atoms with van der Waals surface area (Å²) in [5.41, 5.74) is 1.02. The molecule has 3 aromatic rings. The van der Waals surface area contributed by atoms with Crippen molar-refractivity contribution in [2.24, 2.45) is 0 Å². The SMILES string of the molecule is CC(C)c1nnc2sc(CCC(=O)NCc3ccc(Cl)cc3)nn12. The van der Waals surface area contributed by atoms with Crippen molar-refractivity contribution in [3.63, 3.8) is 0 Å². The Labute approximate surface area is 148 Å². The van der Waals surface area contributed by atoms with Crippen molar-refractivity contribution in [3.05, 3.63) is 45.7 Å². The minimum atomic E-state index is -0.00000152. The van der Waals surface area contributed by atoms with Gasteiger partial charge in [-0.2, -0.15) is 9.61 Å². The Morgan fingerprint density at radius 2 is 2.04 bits per heavy atom. The van der Waals surface area contributed by atoms with Crippen LogP contribution in [0.25, 0.3) is 4.96 Å². The maximum Gasteiger partial charge on any atom is 0.234 e. The van der Waals surface area contributed by atoms with Crippen molar-refractivity contribution in [1.29, 1.82) is 0 Å². The molecule has 2 aromatic heterocycles. The first-order valence-corrected chi connectivity index (χ1v) is 8.94. The van der Waals surface area contributed by atoms with Crippen LogP contribution in [0.4, 0.5) is 0 Å². The van der Waals surface area contributed by atoms with Gasteiger partial charge in [0.1, 0.15) is 5.01 Å². The quantitative estimate of drug-likeness (QED) is 0.729. The average Bonchev–Trinajstić information content (AvgIpc) is 3.12. The first-order chi connectivity index (χ1) is 11.5. The Morgan fingerprint density at radius 3 is 2.75 bits per heavy atom. The molecule has 126 valence electrons. The van der Waals surface area contributed by atoms with E-state index < -0.39 is 0 Å². The number of nitrogens with one attached hydrogen (secondary N) is 1. The molecule has 0 bridgehead atoms. The summed E-state index contributed by atoms with van der Waals surface area (Å²) in [6.45, 7) is 4.61. The second-order valence-corrected chi connectivity index (χ2v) is 7.28. The lowest BCUT2D eigenvalue weighted by atomic mass is 10.2. The van der Waals surface area contributed by atoms with E-state index in [1.165, 1.54) is 11.3 Å². The molecular formula is C16H18ClN5OS. The van der Waals surface area contributed by atoms with Gasteiger partial charge in [-0.1, -0.05) is 48.9 Å². The third-order valence-electron chi connectivity index (χ3n) is 3.54. The van der Waals surface area contributed by atoms with E-state index in [-0.39, 0.29) is 11.8 Å². The summed E-state index contributed by atoms with van der Waals surface area (Å²) in [6.07, 6.45) is 0.993. The molecule has 3 rings (SSSR count). The fourth-order valence-electron chi connectivity index (χ4n) is 2.24. The number of halogens is 1. The van der Waals surface area contributed by atoms with Crippen LogP contribution in [0.2, 0.25) is 5.02 Å². The second kappa shape index (κ2) is 7.27. The van der Waals surface area contributed by atoms with Gasteiger partial charge in [-0.05, 0) is 17.7 Å². The van der Waals surface area contributed by atoms with Crippen molar-refractivity contribution in [2.75, 3.05) is 0 Å². The van der Waals surface area contributed by atoms with Crippen LogP contribution in [0.3, 0.4) is 0 Å². The largest absolute Gasteiger partial charge is 0.352 e. The molecule has 0 unspecified atom stereocenters. The molecule has 0 fully saturated rings. The van der Waals surface area contributed by atoms with Gasteiger partial charge in [0.05, 0.1) is 0 Å². The van der Waals surface area contributed by atoms with Gasteiger partial charge in [-0.3, -0.25) is 4.79 Å². The van der Waals surface area contributed by atoms with E-state index in [1.54, 1.807) is 4.52 Å². The molecular weight excluding hydrogens is 346 g/mol. The summed E-state index contributed by atoms with van der Waals surface area (Å²) < 4.78 is 1.77. The van der Waals surface area contributed by atoms with Crippen LogP contribution in [0.15, 0.2) is 24.3 Å². The van der Waals surface area contributed by atoms with Crippen molar-refractivity contribution < 1.29 is 4.79 Å². The monoisotopic (exact) mass is 363 g/mol. The number of rotatable bonds is 6. The molecule has 0 aliphatic carbocycles. The predicted molar refractivity (Wildman–Crippen MR) is 94.4 cm³/mol. The molecule has 0 spiro atoms. The smallest absolute Gasteiger partial charge is 0.234 e. The number of aryl methyl sites for hydroxylation is 1. The van der Waals surface area contributed by atoms with Crippen molar-refractivity contribution in [1.82, 2.24) is 25.1 Å². The lowest BCUT2D eigenvalue weighted by Crippen LogP contribution is -2.22. The molecule has 6 nitrogen and oxygen atoms in total. The Balaban J connectivity index is 1.53. The van der Waals surface area contributed by atoms with Crippen molar-refractivity contribution >= 4 is 33.8 Å². The summed E-state index contributed by atoms with van der Waals surface area (Å²) in [7, 11) is 0. The summed E-state index contributed by atoms with van der Waals surface area (Å²) in [4.78, 5) is 12.8. The number of aromatic nitrogens is 4. The Kier molecular flexibility index (Phi) is 5.11. The van der Waals surface area contributed by atoms with Gasteiger partial charge in [0, 0.05) is 30.3 Å². The number of hydrogen-bond acceptors (Lipinski definition) is 5. The highest BCUT2D eigenvalue weighted by molar-refractivity contribution is 7.16. The molecule has 0 saturated carbocycles. The molecule has 24 heavy (non-hydrogen) atoms. The summed E-state index contributed by atoms with van der Waals surface area (Å²) in [5, 5.41) is 17.3. The molecule has 0 aliphatic rings. The summed E-state index contributed by atoms with van der Waals surface area (Å²) in [5.74, 6) is 1.11. The van der Waals surface area contributed by atoms with Gasteiger partial charge < -0.3 is 5.32 Å². The van der Waals surface area contributed by atoms with E-state index in [9.17, 15) is 4.79 Å². The molecule has 1 amide bonds. The Morgan fingerprint density at radius 1 is 1.29 bits per heavy atom. The fourth-order valence-corrected chi connectivity index (χ4v) is 3.21. The van der Waals surface area contributed by atoms with E-state index >= 15 is 0 Å². The Hall–Kier alpha value is -1.99. The van der Waals surface area contributed by atoms with Crippen LogP contribution >= 0.6 is 22.9 Å². The summed E-state index contributed by atoms with van der Waals surface area (Å²) >= 11 is 7.32. The fraction of sp³-hybridized carbons (Fsp3) is 0.375. The van der Waals surface area contributed by atoms with Crippen LogP contribution in [-0.2, 0) is 17.8 Å². The second-order valence-electron chi connectivity index (χ2n) is 5.81. The van der Waals surface area contributed by atoms with Gasteiger partial charge in [-0.25, -0.2) is 0 Å². The lowest BCUT2D eigenvalue weighted by molar-refractivity contribution is -0.121. The van der Waals surface area contributed by atoms with Crippen LogP contribution in [0, 0.1) is 0 Å².